The molecule has 4 aliphatic heterocycles. The maximum atomic E-state index is 14.4. The maximum Gasteiger partial charge on any atom is 0.314 e. The van der Waals surface area contributed by atoms with Crippen LogP contribution in [0.5, 0.6) is 0 Å². The van der Waals surface area contributed by atoms with Crippen LogP contribution in [0.4, 0.5) is 0 Å². The molecule has 0 amide bonds. The first-order valence-electron chi connectivity index (χ1n) is 23.4. The molecule has 8 fully saturated rings. The van der Waals surface area contributed by atoms with E-state index in [4.69, 9.17) is 37.9 Å². The molecule has 23 heteroatoms. The summed E-state index contributed by atoms with van der Waals surface area (Å²) in [4.78, 5) is 14.4. The molecule has 0 aromatic carbocycles. The van der Waals surface area contributed by atoms with Crippen LogP contribution in [-0.4, -0.2) is 233 Å². The zero-order chi connectivity index (χ0) is 48.7. The first kappa shape index (κ1) is 51.7. The van der Waals surface area contributed by atoms with Crippen molar-refractivity contribution in [3.05, 3.63) is 12.2 Å². The summed E-state index contributed by atoms with van der Waals surface area (Å²) in [6.45, 7) is 5.29. The van der Waals surface area contributed by atoms with Crippen molar-refractivity contribution in [1.82, 2.24) is 0 Å². The number of hydrogen-bond donors (Lipinski definition) is 14. The van der Waals surface area contributed by atoms with Crippen molar-refractivity contribution in [1.29, 1.82) is 0 Å². The number of aliphatic hydroxyl groups is 14. The minimum Gasteiger partial charge on any atom is -0.432 e. The van der Waals surface area contributed by atoms with Crippen LogP contribution in [0.2, 0.25) is 0 Å². The molecule has 0 radical (unpaired) electrons. The fourth-order valence-corrected chi connectivity index (χ4v) is 13.4. The third-order valence-electron chi connectivity index (χ3n) is 17.0. The van der Waals surface area contributed by atoms with Gasteiger partial charge in [-0.25, -0.2) is 0 Å². The highest BCUT2D eigenvalue weighted by atomic mass is 16.8. The second-order valence-electron chi connectivity index (χ2n) is 20.8. The Kier molecular flexibility index (Phi) is 15.3. The van der Waals surface area contributed by atoms with Gasteiger partial charge in [0.15, 0.2) is 18.9 Å². The van der Waals surface area contributed by atoms with Gasteiger partial charge in [-0.2, -0.15) is 0 Å². The van der Waals surface area contributed by atoms with Crippen LogP contribution >= 0.6 is 0 Å². The Labute approximate surface area is 386 Å². The van der Waals surface area contributed by atoms with E-state index in [1.165, 1.54) is 0 Å². The summed E-state index contributed by atoms with van der Waals surface area (Å²) in [6, 6.07) is 0. The van der Waals surface area contributed by atoms with E-state index in [0.717, 1.165) is 12.0 Å². The summed E-state index contributed by atoms with van der Waals surface area (Å²) >= 11 is 0. The van der Waals surface area contributed by atoms with Crippen molar-refractivity contribution in [3.63, 3.8) is 0 Å². The monoisotopic (exact) mass is 966 g/mol. The number of carbonyl (C=O) groups excluding carboxylic acids is 1. The second-order valence-corrected chi connectivity index (χ2v) is 20.8. The lowest BCUT2D eigenvalue weighted by atomic mass is 9.41. The van der Waals surface area contributed by atoms with Gasteiger partial charge in [0.05, 0.1) is 37.9 Å². The number of fused-ring (bicyclic) bond motifs is 3. The molecule has 23 nitrogen and oxygen atoms in total. The fraction of sp³-hybridized carbons (Fsp3) is 0.932. The average Bonchev–Trinajstić information content (AvgIpc) is 3.58. The Hall–Kier alpha value is -1.63. The number of esters is 1. The molecule has 4 saturated heterocycles. The van der Waals surface area contributed by atoms with Crippen LogP contribution in [0.25, 0.3) is 0 Å². The molecule has 0 unspecified atom stereocenters. The topological polar surface area (TPSA) is 374 Å². The first-order valence-corrected chi connectivity index (χ1v) is 23.4. The van der Waals surface area contributed by atoms with E-state index >= 15 is 0 Å². The smallest absolute Gasteiger partial charge is 0.314 e. The summed E-state index contributed by atoms with van der Waals surface area (Å²) in [7, 11) is 0. The van der Waals surface area contributed by atoms with E-state index in [-0.39, 0.29) is 23.2 Å². The molecule has 8 rings (SSSR count). The lowest BCUT2D eigenvalue weighted by Gasteiger charge is -2.64. The van der Waals surface area contributed by atoms with Crippen molar-refractivity contribution in [2.45, 2.75) is 194 Å². The predicted octanol–water partition coefficient (Wildman–Crippen LogP) is -5.26. The fourth-order valence-electron chi connectivity index (χ4n) is 13.4. The minimum absolute atomic E-state index is 0.118. The molecule has 4 saturated carbocycles. The zero-order valence-corrected chi connectivity index (χ0v) is 37.5. The van der Waals surface area contributed by atoms with Gasteiger partial charge in [0, 0.05) is 5.92 Å². The Bertz CT molecular complexity index is 1740. The Balaban J connectivity index is 1.09. The van der Waals surface area contributed by atoms with Crippen molar-refractivity contribution >= 4 is 5.97 Å². The third kappa shape index (κ3) is 8.83. The van der Waals surface area contributed by atoms with E-state index in [9.17, 15) is 76.3 Å². The number of hydrogen-bond acceptors (Lipinski definition) is 23. The van der Waals surface area contributed by atoms with Gasteiger partial charge in [-0.1, -0.05) is 25.5 Å². The quantitative estimate of drug-likeness (QED) is 0.0494. The van der Waals surface area contributed by atoms with Crippen molar-refractivity contribution in [2.24, 2.45) is 34.0 Å². The summed E-state index contributed by atoms with van der Waals surface area (Å²) in [5.41, 5.74) is -0.989. The standard InChI is InChI=1S/C44H70O23/c1-16-10-44-8-5-23-42(2,6-4-7-43(23,3)41(59)67-39-34(58)31(55)27(51)21(14-47)63-39)24(44)9-18(17(16)11-44)60-40-36(66-38-33(57)30(54)26(50)20(13-46)62-38)35(28(52)22(15-48)64-40)65-37-32(56)29(53)25(49)19(12-45)61-37/h17-40,45-58H,1,4-15H2,2-3H3/t17-,18+,19-,20-,21-,22-,23+,24+,25-,26-,27-,28-,29+,30+,31+,32-,33-,34-,35+,36-,37+,38+,39+,40-,42-,43-,44-/m1/s1. The molecule has 2 bridgehead atoms. The minimum atomic E-state index is -1.96. The van der Waals surface area contributed by atoms with Gasteiger partial charge in [0.1, 0.15) is 97.7 Å². The lowest BCUT2D eigenvalue weighted by Crippen LogP contribution is -2.67. The van der Waals surface area contributed by atoms with Gasteiger partial charge in [0.25, 0.3) is 0 Å². The van der Waals surface area contributed by atoms with Gasteiger partial charge in [0.2, 0.25) is 6.29 Å². The van der Waals surface area contributed by atoms with E-state index < -0.39 is 172 Å². The average molecular weight is 967 g/mol. The predicted molar refractivity (Wildman–Crippen MR) is 219 cm³/mol. The summed E-state index contributed by atoms with van der Waals surface area (Å²) in [6.07, 6.45) is -30.2. The van der Waals surface area contributed by atoms with Crippen LogP contribution in [0.1, 0.15) is 65.2 Å². The Morgan fingerprint density at radius 2 is 1.06 bits per heavy atom. The van der Waals surface area contributed by atoms with Crippen LogP contribution in [0.15, 0.2) is 12.2 Å². The van der Waals surface area contributed by atoms with Crippen LogP contribution in [0.3, 0.4) is 0 Å². The maximum absolute atomic E-state index is 14.4. The molecule has 67 heavy (non-hydrogen) atoms. The first-order chi connectivity index (χ1) is 31.7. The van der Waals surface area contributed by atoms with Crippen LogP contribution in [0, 0.1) is 34.0 Å². The molecular weight excluding hydrogens is 896 g/mol. The Morgan fingerprint density at radius 3 is 1.60 bits per heavy atom. The summed E-state index contributed by atoms with van der Waals surface area (Å²) in [5.74, 6) is -1.31. The van der Waals surface area contributed by atoms with Gasteiger partial charge < -0.3 is 109 Å². The molecule has 384 valence electrons. The lowest BCUT2D eigenvalue weighted by molar-refractivity contribution is -0.397. The number of rotatable bonds is 12. The Morgan fingerprint density at radius 1 is 0.582 bits per heavy atom. The molecule has 4 heterocycles. The van der Waals surface area contributed by atoms with Gasteiger partial charge in [-0.15, -0.1) is 0 Å². The normalized spacial score (nSPS) is 54.5. The van der Waals surface area contributed by atoms with E-state index in [0.29, 0.717) is 44.9 Å². The number of aliphatic hydroxyl groups excluding tert-OH is 14. The third-order valence-corrected chi connectivity index (χ3v) is 17.0. The molecule has 0 aromatic rings. The molecule has 8 aliphatic rings. The largest absolute Gasteiger partial charge is 0.432 e. The van der Waals surface area contributed by atoms with E-state index in [1.54, 1.807) is 0 Å². The van der Waals surface area contributed by atoms with Crippen molar-refractivity contribution in [3.8, 4) is 0 Å². The van der Waals surface area contributed by atoms with Gasteiger partial charge in [-0.05, 0) is 74.5 Å². The number of ether oxygens (including phenoxy) is 8. The zero-order valence-electron chi connectivity index (χ0n) is 37.5. The van der Waals surface area contributed by atoms with Crippen LogP contribution < -0.4 is 0 Å². The molecule has 0 aromatic heterocycles. The molecule has 27 atom stereocenters. The van der Waals surface area contributed by atoms with Gasteiger partial charge >= 0.3 is 5.97 Å². The molecule has 14 N–H and O–H groups in total. The van der Waals surface area contributed by atoms with Crippen molar-refractivity contribution < 1.29 is 114 Å². The number of carbonyl (C=O) groups is 1. The summed E-state index contributed by atoms with van der Waals surface area (Å²) < 4.78 is 48.1. The molecular formula is C44H70O23. The van der Waals surface area contributed by atoms with E-state index in [2.05, 4.69) is 13.5 Å². The second kappa shape index (κ2) is 19.8. The van der Waals surface area contributed by atoms with Crippen molar-refractivity contribution in [2.75, 3.05) is 26.4 Å². The summed E-state index contributed by atoms with van der Waals surface area (Å²) in [5, 5.41) is 148. The highest BCUT2D eigenvalue weighted by Crippen LogP contribution is 2.72. The molecule has 4 aliphatic carbocycles. The van der Waals surface area contributed by atoms with Gasteiger partial charge in [-0.3, -0.25) is 4.79 Å². The molecule has 1 spiro atoms. The van der Waals surface area contributed by atoms with Crippen LogP contribution in [-0.2, 0) is 42.7 Å². The highest BCUT2D eigenvalue weighted by molar-refractivity contribution is 5.77. The van der Waals surface area contributed by atoms with E-state index in [1.807, 2.05) is 6.92 Å². The SMILES string of the molecule is C=C1C[C@@]23CC[C@H]4[C@@](C)(CCC[C@@]4(C)C(=O)O[C@@H]4O[C@H](CO)[C@@H](O)[C@H](O)[C@H]4O)[C@@H]2C[C@H](O[C@@H]2O[C@H](CO)[C@@H](O)[C@H](O[C@@H]4O[C@H](CO)[C@@H](O)[C@H](O)[C@H]4O)[C@H]2O[C@@H]2O[C@H](CO)[C@@H](O)[C@H](O)[C@H]2O)[C@@H]1C3. The highest BCUT2D eigenvalue weighted by Gasteiger charge is 2.68.